The van der Waals surface area contributed by atoms with Crippen LogP contribution >= 0.6 is 8.77 Å². The smallest absolute Gasteiger partial charge is 0.388 e. The highest BCUT2D eigenvalue weighted by Crippen LogP contribution is 2.31. The summed E-state index contributed by atoms with van der Waals surface area (Å²) in [6.45, 7) is 6.10. The number of halogens is 2. The minimum Gasteiger partial charge on any atom is -0.388 e. The Bertz CT molecular complexity index is 218. The molecule has 0 aliphatic rings. The fraction of sp³-hybridized carbons (Fsp3) is 0.600. The van der Waals surface area contributed by atoms with Gasteiger partial charge in [-0.25, -0.2) is 0 Å². The molecular weight excluding hydrogens is 253 g/mol. The predicted octanol–water partition coefficient (Wildman–Crippen LogP) is 1.73. The first-order valence-electron chi connectivity index (χ1n) is 4.69. The number of ether oxygens (including phenoxy) is 2. The Balaban J connectivity index is 0. The van der Waals surface area contributed by atoms with Crippen molar-refractivity contribution in [3.63, 3.8) is 0 Å². The van der Waals surface area contributed by atoms with E-state index in [1.807, 2.05) is 0 Å². The van der Waals surface area contributed by atoms with Crippen LogP contribution < -0.4 is 0 Å². The zero-order chi connectivity index (χ0) is 13.7. The average Bonchev–Trinajstić information content (AvgIpc) is 2.25. The highest BCUT2D eigenvalue weighted by Gasteiger charge is 2.05. The molecular formula is C10H17F2O4P. The van der Waals surface area contributed by atoms with Crippen molar-refractivity contribution in [2.24, 2.45) is 0 Å². The molecule has 100 valence electrons. The number of hydrogen-bond donors (Lipinski definition) is 2. The Hall–Kier alpha value is -0.570. The zero-order valence-electron chi connectivity index (χ0n) is 9.55. The van der Waals surface area contributed by atoms with Crippen molar-refractivity contribution in [3.8, 4) is 12.3 Å². The van der Waals surface area contributed by atoms with Crippen molar-refractivity contribution >= 4 is 8.77 Å². The minimum absolute atomic E-state index is 0.197. The van der Waals surface area contributed by atoms with E-state index in [1.54, 1.807) is 13.0 Å². The molecule has 7 heteroatoms. The van der Waals surface area contributed by atoms with Crippen LogP contribution in [0.3, 0.4) is 0 Å². The molecule has 4 nitrogen and oxygen atoms in total. The summed E-state index contributed by atoms with van der Waals surface area (Å²) in [6, 6.07) is 0. The Morgan fingerprint density at radius 3 is 2.47 bits per heavy atom. The fourth-order valence-electron chi connectivity index (χ4n) is 0.639. The van der Waals surface area contributed by atoms with E-state index in [0.29, 0.717) is 6.61 Å². The normalized spacial score (nSPS) is 13.2. The Labute approximate surface area is 101 Å². The molecule has 0 rings (SSSR count). The lowest BCUT2D eigenvalue weighted by atomic mass is 10.4. The number of terminal acetylenes is 1. The second kappa shape index (κ2) is 13.5. The van der Waals surface area contributed by atoms with Crippen molar-refractivity contribution in [2.45, 2.75) is 19.1 Å². The maximum atomic E-state index is 9.95. The minimum atomic E-state index is -3.62. The molecule has 0 saturated carbocycles. The maximum Gasteiger partial charge on any atom is 0.412 e. The monoisotopic (exact) mass is 270 g/mol. The predicted molar refractivity (Wildman–Crippen MR) is 62.6 cm³/mol. The first-order chi connectivity index (χ1) is 7.93. The van der Waals surface area contributed by atoms with Crippen LogP contribution in [-0.2, 0) is 9.47 Å². The molecule has 2 atom stereocenters. The van der Waals surface area contributed by atoms with Gasteiger partial charge in [0.15, 0.2) is 0 Å². The average molecular weight is 270 g/mol. The zero-order valence-corrected chi connectivity index (χ0v) is 10.4. The second-order valence-electron chi connectivity index (χ2n) is 2.84. The third kappa shape index (κ3) is 21.3. The quantitative estimate of drug-likeness (QED) is 0.320. The van der Waals surface area contributed by atoms with E-state index in [-0.39, 0.29) is 19.3 Å². The van der Waals surface area contributed by atoms with Gasteiger partial charge in [0.25, 0.3) is 0 Å². The van der Waals surface area contributed by atoms with Crippen LogP contribution in [0.25, 0.3) is 0 Å². The molecule has 2 N–H and O–H groups in total. The van der Waals surface area contributed by atoms with Crippen LogP contribution in [0.1, 0.15) is 6.92 Å². The highest BCUT2D eigenvalue weighted by atomic mass is 31.2. The number of hydrogen-bond acceptors (Lipinski definition) is 4. The van der Waals surface area contributed by atoms with Gasteiger partial charge < -0.3 is 19.5 Å². The molecule has 0 fully saturated rings. The lowest BCUT2D eigenvalue weighted by molar-refractivity contribution is -0.0227. The second-order valence-corrected chi connectivity index (χ2v) is 3.27. The number of rotatable bonds is 7. The van der Waals surface area contributed by atoms with Crippen LogP contribution in [-0.4, -0.2) is 42.0 Å². The van der Waals surface area contributed by atoms with E-state index in [9.17, 15) is 13.5 Å². The summed E-state index contributed by atoms with van der Waals surface area (Å²) in [7, 11) is -3.62. The molecule has 0 amide bonds. The van der Waals surface area contributed by atoms with E-state index >= 15 is 0 Å². The lowest BCUT2D eigenvalue weighted by Crippen LogP contribution is -2.24. The van der Waals surface area contributed by atoms with Crippen molar-refractivity contribution in [3.05, 3.63) is 12.7 Å². The summed E-state index contributed by atoms with van der Waals surface area (Å²) in [6.07, 6.45) is 5.80. The first kappa shape index (κ1) is 18.8. The van der Waals surface area contributed by atoms with Gasteiger partial charge in [-0.05, 0) is 6.92 Å². The van der Waals surface area contributed by atoms with Gasteiger partial charge in [0.2, 0.25) is 0 Å². The van der Waals surface area contributed by atoms with Crippen LogP contribution in [0.4, 0.5) is 8.39 Å². The van der Waals surface area contributed by atoms with E-state index in [2.05, 4.69) is 12.5 Å². The molecule has 0 aliphatic heterocycles. The van der Waals surface area contributed by atoms with Gasteiger partial charge >= 0.3 is 8.77 Å². The van der Waals surface area contributed by atoms with Crippen LogP contribution in [0.2, 0.25) is 0 Å². The molecule has 2 unspecified atom stereocenters. The van der Waals surface area contributed by atoms with Gasteiger partial charge in [0, 0.05) is 0 Å². The van der Waals surface area contributed by atoms with Crippen LogP contribution in [0.15, 0.2) is 12.7 Å². The topological polar surface area (TPSA) is 58.9 Å². The van der Waals surface area contributed by atoms with Crippen molar-refractivity contribution in [1.82, 2.24) is 0 Å². The van der Waals surface area contributed by atoms with E-state index in [4.69, 9.17) is 20.8 Å². The molecule has 0 aromatic rings. The van der Waals surface area contributed by atoms with Gasteiger partial charge in [0.1, 0.15) is 12.2 Å². The number of aliphatic hydroxyl groups excluding tert-OH is 1. The van der Waals surface area contributed by atoms with Gasteiger partial charge in [-0.2, -0.15) is 8.39 Å². The maximum absolute atomic E-state index is 9.95. The van der Waals surface area contributed by atoms with Crippen molar-refractivity contribution in [1.29, 1.82) is 0 Å². The van der Waals surface area contributed by atoms with Gasteiger partial charge in [0.05, 0.1) is 19.8 Å². The molecule has 0 aromatic carbocycles. The lowest BCUT2D eigenvalue weighted by Gasteiger charge is -2.12. The SMILES string of the molecule is C#CC(C)OCC(O)COCC=C.OP(F)F. The summed E-state index contributed by atoms with van der Waals surface area (Å²) in [5.74, 6) is 2.40. The molecule has 0 heterocycles. The van der Waals surface area contributed by atoms with Crippen molar-refractivity contribution in [2.75, 3.05) is 19.8 Å². The first-order valence-corrected chi connectivity index (χ1v) is 5.76. The van der Waals surface area contributed by atoms with Gasteiger partial charge in [-0.3, -0.25) is 0 Å². The molecule has 0 radical (unpaired) electrons. The molecule has 0 bridgehead atoms. The Kier molecular flexibility index (Phi) is 14.9. The van der Waals surface area contributed by atoms with Crippen LogP contribution in [0.5, 0.6) is 0 Å². The molecule has 0 spiro atoms. The fourth-order valence-corrected chi connectivity index (χ4v) is 0.639. The Morgan fingerprint density at radius 1 is 1.53 bits per heavy atom. The van der Waals surface area contributed by atoms with E-state index in [0.717, 1.165) is 0 Å². The molecule has 17 heavy (non-hydrogen) atoms. The Morgan fingerprint density at radius 2 is 2.06 bits per heavy atom. The standard InChI is InChI=1S/C10H16O3.F2HOP/c1-4-6-12-7-10(11)8-13-9(3)5-2;1-4(2)3/h2,4,9-11H,1,6-8H2,3H3;3H. The van der Waals surface area contributed by atoms with Crippen LogP contribution in [0, 0.1) is 12.3 Å². The summed E-state index contributed by atoms with van der Waals surface area (Å²) in [5.41, 5.74) is 0. The summed E-state index contributed by atoms with van der Waals surface area (Å²) in [5, 5.41) is 9.27. The summed E-state index contributed by atoms with van der Waals surface area (Å²) >= 11 is 0. The van der Waals surface area contributed by atoms with E-state index in [1.165, 1.54) is 0 Å². The highest BCUT2D eigenvalue weighted by molar-refractivity contribution is 7.39. The van der Waals surface area contributed by atoms with Gasteiger partial charge in [-0.15, -0.1) is 13.0 Å². The molecule has 0 aromatic heterocycles. The largest absolute Gasteiger partial charge is 0.412 e. The van der Waals surface area contributed by atoms with Crippen molar-refractivity contribution < 1.29 is 27.9 Å². The third-order valence-corrected chi connectivity index (χ3v) is 1.32. The molecule has 0 saturated heterocycles. The summed E-state index contributed by atoms with van der Waals surface area (Å²) in [4.78, 5) is 6.79. The van der Waals surface area contributed by atoms with Gasteiger partial charge in [-0.1, -0.05) is 12.0 Å². The molecule has 0 aliphatic carbocycles. The number of aliphatic hydroxyl groups is 1. The summed E-state index contributed by atoms with van der Waals surface area (Å²) < 4.78 is 30.0. The van der Waals surface area contributed by atoms with E-state index < -0.39 is 14.9 Å². The third-order valence-electron chi connectivity index (χ3n) is 1.32.